The number of nitrogens with zero attached hydrogens (tertiary/aromatic N) is 4. The van der Waals surface area contributed by atoms with Gasteiger partial charge in [0.1, 0.15) is 5.52 Å². The van der Waals surface area contributed by atoms with E-state index in [9.17, 15) is 0 Å². The van der Waals surface area contributed by atoms with Crippen molar-refractivity contribution in [3.05, 3.63) is 33.9 Å². The number of nitrogen functional groups attached to an aromatic ring is 1. The Balaban J connectivity index is 2.15. The molecule has 0 fully saturated rings. The Morgan fingerprint density at radius 2 is 2.17 bits per heavy atom. The molecular weight excluding hydrogens is 246 g/mol. The first kappa shape index (κ1) is 11.2. The standard InChI is InChI=1S/C12H13N5S/c1-7-3-4-14-11-10(7)16-12(13)17(11)5-9-8(2)15-6-18-9/h3-4,6H,5H2,1-2H3,(H2,13,16). The molecule has 6 heteroatoms. The number of pyridine rings is 1. The minimum atomic E-state index is 0.500. The van der Waals surface area contributed by atoms with Gasteiger partial charge in [-0.05, 0) is 25.5 Å². The molecule has 0 aromatic carbocycles. The van der Waals surface area contributed by atoms with Gasteiger partial charge in [-0.3, -0.25) is 4.57 Å². The second-order valence-corrected chi connectivity index (χ2v) is 5.16. The smallest absolute Gasteiger partial charge is 0.202 e. The molecular formula is C12H13N5S. The van der Waals surface area contributed by atoms with Gasteiger partial charge in [0.2, 0.25) is 5.95 Å². The van der Waals surface area contributed by atoms with E-state index in [2.05, 4.69) is 15.0 Å². The highest BCUT2D eigenvalue weighted by Gasteiger charge is 2.13. The van der Waals surface area contributed by atoms with Crippen molar-refractivity contribution in [2.45, 2.75) is 20.4 Å². The molecule has 3 heterocycles. The maximum absolute atomic E-state index is 5.98. The summed E-state index contributed by atoms with van der Waals surface area (Å²) in [6.45, 7) is 4.69. The number of aromatic nitrogens is 4. The van der Waals surface area contributed by atoms with E-state index in [1.807, 2.05) is 30.0 Å². The second-order valence-electron chi connectivity index (χ2n) is 4.22. The van der Waals surface area contributed by atoms with Gasteiger partial charge in [0.15, 0.2) is 5.65 Å². The second kappa shape index (κ2) is 4.06. The van der Waals surface area contributed by atoms with Crippen LogP contribution in [0.15, 0.2) is 17.8 Å². The first-order valence-corrected chi connectivity index (χ1v) is 6.51. The van der Waals surface area contributed by atoms with Crippen LogP contribution in [0.2, 0.25) is 0 Å². The number of nitrogens with two attached hydrogens (primary N) is 1. The van der Waals surface area contributed by atoms with Gasteiger partial charge in [0.05, 0.1) is 17.7 Å². The van der Waals surface area contributed by atoms with Gasteiger partial charge < -0.3 is 5.73 Å². The van der Waals surface area contributed by atoms with Gasteiger partial charge in [0.25, 0.3) is 0 Å². The van der Waals surface area contributed by atoms with Crippen molar-refractivity contribution in [2.75, 3.05) is 5.73 Å². The summed E-state index contributed by atoms with van der Waals surface area (Å²) >= 11 is 1.63. The predicted molar refractivity (Wildman–Crippen MR) is 72.6 cm³/mol. The normalized spacial score (nSPS) is 11.2. The molecule has 92 valence electrons. The molecule has 0 unspecified atom stereocenters. The molecule has 0 radical (unpaired) electrons. The Bertz CT molecular complexity index is 712. The Morgan fingerprint density at radius 3 is 2.89 bits per heavy atom. The van der Waals surface area contributed by atoms with E-state index < -0.39 is 0 Å². The van der Waals surface area contributed by atoms with Crippen molar-refractivity contribution in [2.24, 2.45) is 0 Å². The highest BCUT2D eigenvalue weighted by Crippen LogP contribution is 2.22. The molecule has 3 rings (SSSR count). The van der Waals surface area contributed by atoms with Crippen LogP contribution in [0.3, 0.4) is 0 Å². The summed E-state index contributed by atoms with van der Waals surface area (Å²) in [5.74, 6) is 0.500. The first-order chi connectivity index (χ1) is 8.66. The molecule has 3 aromatic rings. The largest absolute Gasteiger partial charge is 0.369 e. The van der Waals surface area contributed by atoms with E-state index >= 15 is 0 Å². The predicted octanol–water partition coefficient (Wildman–Crippen LogP) is 2.14. The van der Waals surface area contributed by atoms with Crippen LogP contribution in [0.25, 0.3) is 11.2 Å². The number of aryl methyl sites for hydroxylation is 2. The molecule has 18 heavy (non-hydrogen) atoms. The third kappa shape index (κ3) is 1.65. The number of thiazole rings is 1. The number of fused-ring (bicyclic) bond motifs is 1. The number of anilines is 1. The van der Waals surface area contributed by atoms with Crippen LogP contribution in [-0.2, 0) is 6.54 Å². The summed E-state index contributed by atoms with van der Waals surface area (Å²) in [6.07, 6.45) is 1.79. The summed E-state index contributed by atoms with van der Waals surface area (Å²) in [5, 5.41) is 0. The van der Waals surface area contributed by atoms with E-state index in [-0.39, 0.29) is 0 Å². The van der Waals surface area contributed by atoms with Crippen molar-refractivity contribution in [3.8, 4) is 0 Å². The molecule has 0 spiro atoms. The van der Waals surface area contributed by atoms with Crippen molar-refractivity contribution in [3.63, 3.8) is 0 Å². The van der Waals surface area contributed by atoms with E-state index in [0.717, 1.165) is 22.4 Å². The average Bonchev–Trinajstić information content (AvgIpc) is 2.87. The maximum Gasteiger partial charge on any atom is 0.202 e. The van der Waals surface area contributed by atoms with Crippen LogP contribution >= 0.6 is 11.3 Å². The van der Waals surface area contributed by atoms with Crippen molar-refractivity contribution >= 4 is 28.4 Å². The van der Waals surface area contributed by atoms with Gasteiger partial charge in [-0.15, -0.1) is 11.3 Å². The van der Waals surface area contributed by atoms with Crippen LogP contribution in [0, 0.1) is 13.8 Å². The van der Waals surface area contributed by atoms with Gasteiger partial charge >= 0.3 is 0 Å². The molecule has 3 aromatic heterocycles. The van der Waals surface area contributed by atoms with Crippen LogP contribution in [0.1, 0.15) is 16.1 Å². The number of rotatable bonds is 2. The van der Waals surface area contributed by atoms with Crippen LogP contribution in [0.4, 0.5) is 5.95 Å². The third-order valence-electron chi connectivity index (χ3n) is 3.01. The van der Waals surface area contributed by atoms with E-state index in [4.69, 9.17) is 5.73 Å². The fraction of sp³-hybridized carbons (Fsp3) is 0.250. The summed E-state index contributed by atoms with van der Waals surface area (Å²) in [5.41, 5.74) is 11.7. The zero-order valence-corrected chi connectivity index (χ0v) is 11.0. The van der Waals surface area contributed by atoms with Crippen LogP contribution in [-0.4, -0.2) is 19.5 Å². The third-order valence-corrected chi connectivity index (χ3v) is 3.93. The molecule has 0 saturated heterocycles. The lowest BCUT2D eigenvalue weighted by Crippen LogP contribution is -2.05. The average molecular weight is 259 g/mol. The van der Waals surface area contributed by atoms with Gasteiger partial charge in [-0.2, -0.15) is 0 Å². The molecule has 0 aliphatic heterocycles. The van der Waals surface area contributed by atoms with Crippen molar-refractivity contribution in [1.82, 2.24) is 19.5 Å². The molecule has 5 nitrogen and oxygen atoms in total. The summed E-state index contributed by atoms with van der Waals surface area (Å²) in [6, 6.07) is 1.94. The Hall–Kier alpha value is -1.95. The van der Waals surface area contributed by atoms with Crippen LogP contribution < -0.4 is 5.73 Å². The molecule has 0 amide bonds. The quantitative estimate of drug-likeness (QED) is 0.765. The van der Waals surface area contributed by atoms with Crippen LogP contribution in [0.5, 0.6) is 0 Å². The lowest BCUT2D eigenvalue weighted by molar-refractivity contribution is 0.832. The summed E-state index contributed by atoms with van der Waals surface area (Å²) in [4.78, 5) is 14.2. The Labute approximate surface area is 108 Å². The Morgan fingerprint density at radius 1 is 1.33 bits per heavy atom. The van der Waals surface area contributed by atoms with Crippen molar-refractivity contribution in [1.29, 1.82) is 0 Å². The molecule has 0 aliphatic carbocycles. The summed E-state index contributed by atoms with van der Waals surface area (Å²) < 4.78 is 1.93. The van der Waals surface area contributed by atoms with Gasteiger partial charge in [-0.1, -0.05) is 0 Å². The van der Waals surface area contributed by atoms with E-state index in [1.165, 1.54) is 4.88 Å². The zero-order valence-electron chi connectivity index (χ0n) is 10.2. The molecule has 0 atom stereocenters. The molecule has 0 aliphatic rings. The SMILES string of the molecule is Cc1ncsc1Cn1c(N)nc2c(C)ccnc21. The fourth-order valence-corrected chi connectivity index (χ4v) is 2.70. The highest BCUT2D eigenvalue weighted by molar-refractivity contribution is 7.09. The highest BCUT2D eigenvalue weighted by atomic mass is 32.1. The van der Waals surface area contributed by atoms with Crippen molar-refractivity contribution < 1.29 is 0 Å². The number of imidazole rings is 1. The maximum atomic E-state index is 5.98. The first-order valence-electron chi connectivity index (χ1n) is 5.63. The zero-order chi connectivity index (χ0) is 12.7. The lowest BCUT2D eigenvalue weighted by Gasteiger charge is -2.04. The number of hydrogen-bond donors (Lipinski definition) is 1. The van der Waals surface area contributed by atoms with E-state index in [1.54, 1.807) is 17.5 Å². The van der Waals surface area contributed by atoms with Gasteiger partial charge in [-0.25, -0.2) is 15.0 Å². The topological polar surface area (TPSA) is 69.6 Å². The molecule has 2 N–H and O–H groups in total. The van der Waals surface area contributed by atoms with Gasteiger partial charge in [0, 0.05) is 11.1 Å². The fourth-order valence-electron chi connectivity index (χ4n) is 1.93. The summed E-state index contributed by atoms with van der Waals surface area (Å²) in [7, 11) is 0. The monoisotopic (exact) mass is 259 g/mol. The Kier molecular flexibility index (Phi) is 2.52. The minimum Gasteiger partial charge on any atom is -0.369 e. The lowest BCUT2D eigenvalue weighted by atomic mass is 10.3. The minimum absolute atomic E-state index is 0.500. The van der Waals surface area contributed by atoms with E-state index in [0.29, 0.717) is 12.5 Å². The molecule has 0 saturated carbocycles. The molecule has 0 bridgehead atoms. The number of hydrogen-bond acceptors (Lipinski definition) is 5.